The van der Waals surface area contributed by atoms with Crippen molar-refractivity contribution in [3.05, 3.63) is 30.1 Å². The highest BCUT2D eigenvalue weighted by atomic mass is 15.3. The molecule has 1 saturated heterocycles. The van der Waals surface area contributed by atoms with E-state index in [2.05, 4.69) is 25.5 Å². The molecule has 3 rings (SSSR count). The number of amidine groups is 1. The Morgan fingerprint density at radius 2 is 2.06 bits per heavy atom. The average molecular weight is 229 g/mol. The van der Waals surface area contributed by atoms with Crippen molar-refractivity contribution in [1.29, 1.82) is 0 Å². The lowest BCUT2D eigenvalue weighted by molar-refractivity contribution is 0.324. The summed E-state index contributed by atoms with van der Waals surface area (Å²) in [5, 5.41) is 11.8. The van der Waals surface area contributed by atoms with Gasteiger partial charge in [-0.1, -0.05) is 6.07 Å². The van der Waals surface area contributed by atoms with Crippen molar-refractivity contribution in [3.8, 4) is 0 Å². The molecule has 2 aliphatic heterocycles. The Balaban J connectivity index is 1.75. The largest absolute Gasteiger partial charge is 0.317 e. The summed E-state index contributed by atoms with van der Waals surface area (Å²) >= 11 is 0. The number of piperidine rings is 1. The predicted molar refractivity (Wildman–Crippen MR) is 65.0 cm³/mol. The number of rotatable bonds is 2. The zero-order valence-corrected chi connectivity index (χ0v) is 9.58. The fourth-order valence-electron chi connectivity index (χ4n) is 2.25. The number of aromatic nitrogens is 1. The van der Waals surface area contributed by atoms with Crippen LogP contribution in [0, 0.1) is 5.92 Å². The van der Waals surface area contributed by atoms with Gasteiger partial charge in [-0.05, 0) is 38.1 Å². The van der Waals surface area contributed by atoms with Crippen molar-refractivity contribution in [2.75, 3.05) is 13.1 Å². The number of pyridine rings is 1. The van der Waals surface area contributed by atoms with Crippen molar-refractivity contribution < 1.29 is 0 Å². The highest BCUT2D eigenvalue weighted by Gasteiger charge is 2.26. The smallest absolute Gasteiger partial charge is 0.197 e. The van der Waals surface area contributed by atoms with Crippen LogP contribution in [-0.4, -0.2) is 30.1 Å². The maximum Gasteiger partial charge on any atom is 0.197 e. The van der Waals surface area contributed by atoms with E-state index in [1.165, 1.54) is 0 Å². The minimum absolute atomic E-state index is 0.00843. The van der Waals surface area contributed by atoms with Crippen molar-refractivity contribution in [2.24, 2.45) is 21.1 Å². The Morgan fingerprint density at radius 1 is 1.18 bits per heavy atom. The van der Waals surface area contributed by atoms with Gasteiger partial charge in [-0.25, -0.2) is 4.99 Å². The van der Waals surface area contributed by atoms with Crippen molar-refractivity contribution in [3.63, 3.8) is 0 Å². The normalized spacial score (nSPS) is 24.9. The van der Waals surface area contributed by atoms with Gasteiger partial charge in [0.1, 0.15) is 5.69 Å². The van der Waals surface area contributed by atoms with E-state index in [0.29, 0.717) is 11.8 Å². The van der Waals surface area contributed by atoms with Crippen molar-refractivity contribution in [2.45, 2.75) is 19.0 Å². The second-order valence-corrected chi connectivity index (χ2v) is 4.38. The summed E-state index contributed by atoms with van der Waals surface area (Å²) in [5.74, 6) is 1.20. The van der Waals surface area contributed by atoms with Gasteiger partial charge in [0.15, 0.2) is 12.0 Å². The quantitative estimate of drug-likeness (QED) is 0.837. The molecule has 1 aromatic heterocycles. The summed E-state index contributed by atoms with van der Waals surface area (Å²) in [4.78, 5) is 8.82. The maximum atomic E-state index is 4.58. The van der Waals surface area contributed by atoms with Gasteiger partial charge in [-0.2, -0.15) is 5.11 Å². The number of nitrogens with one attached hydrogen (secondary N) is 1. The third-order valence-corrected chi connectivity index (χ3v) is 3.22. The lowest BCUT2D eigenvalue weighted by Crippen LogP contribution is -2.32. The molecule has 0 aromatic carbocycles. The van der Waals surface area contributed by atoms with Gasteiger partial charge in [-0.3, -0.25) is 4.98 Å². The molecule has 0 saturated carbocycles. The minimum atomic E-state index is 0.00843. The Labute approximate surface area is 100 Å². The molecule has 0 unspecified atom stereocenters. The molecule has 0 aliphatic carbocycles. The van der Waals surface area contributed by atoms with E-state index in [1.807, 2.05) is 18.2 Å². The van der Waals surface area contributed by atoms with Gasteiger partial charge in [-0.15, -0.1) is 5.11 Å². The van der Waals surface area contributed by atoms with Crippen LogP contribution in [0.15, 0.2) is 39.6 Å². The zero-order valence-electron chi connectivity index (χ0n) is 9.58. The molecule has 17 heavy (non-hydrogen) atoms. The zero-order chi connectivity index (χ0) is 11.5. The number of hydrogen-bond acceptors (Lipinski definition) is 5. The van der Waals surface area contributed by atoms with Gasteiger partial charge in [0.2, 0.25) is 0 Å². The van der Waals surface area contributed by atoms with E-state index in [4.69, 9.17) is 0 Å². The second kappa shape index (κ2) is 4.71. The van der Waals surface area contributed by atoms with Crippen molar-refractivity contribution in [1.82, 2.24) is 10.3 Å². The number of aliphatic imine (C=N–C) groups is 1. The van der Waals surface area contributed by atoms with E-state index >= 15 is 0 Å². The van der Waals surface area contributed by atoms with E-state index < -0.39 is 0 Å². The number of nitrogens with zero attached hydrogens (tertiary/aromatic N) is 4. The SMILES string of the molecule is c1ccc(C2=N[C@@H](C3CCNCC3)N=N2)nc1. The Morgan fingerprint density at radius 3 is 2.82 bits per heavy atom. The maximum absolute atomic E-state index is 4.58. The van der Waals surface area contributed by atoms with Gasteiger partial charge in [0.25, 0.3) is 0 Å². The molecule has 1 atom stereocenters. The topological polar surface area (TPSA) is 62.0 Å². The Kier molecular flexibility index (Phi) is 2.92. The van der Waals surface area contributed by atoms with Gasteiger partial charge in [0.05, 0.1) is 0 Å². The van der Waals surface area contributed by atoms with Gasteiger partial charge < -0.3 is 5.32 Å². The van der Waals surface area contributed by atoms with Crippen molar-refractivity contribution >= 4 is 5.84 Å². The molecule has 1 fully saturated rings. The molecule has 5 heteroatoms. The fraction of sp³-hybridized carbons (Fsp3) is 0.500. The first-order chi connectivity index (χ1) is 8.43. The summed E-state index contributed by atoms with van der Waals surface area (Å²) in [6, 6.07) is 5.75. The second-order valence-electron chi connectivity index (χ2n) is 4.38. The molecular formula is C12H15N5. The van der Waals surface area contributed by atoms with Crippen LogP contribution in [0.2, 0.25) is 0 Å². The average Bonchev–Trinajstić information content (AvgIpc) is 2.90. The monoisotopic (exact) mass is 229 g/mol. The summed E-state index contributed by atoms with van der Waals surface area (Å²) < 4.78 is 0. The summed E-state index contributed by atoms with van der Waals surface area (Å²) in [6.07, 6.45) is 4.02. The number of azo groups is 1. The van der Waals surface area contributed by atoms with Crippen LogP contribution in [-0.2, 0) is 0 Å². The van der Waals surface area contributed by atoms with Crippen LogP contribution in [0.25, 0.3) is 0 Å². The Hall–Kier alpha value is -1.62. The third-order valence-electron chi connectivity index (χ3n) is 3.22. The van der Waals surface area contributed by atoms with Crippen LogP contribution < -0.4 is 5.32 Å². The highest BCUT2D eigenvalue weighted by molar-refractivity contribution is 5.98. The summed E-state index contributed by atoms with van der Waals surface area (Å²) in [7, 11) is 0. The molecule has 1 N–H and O–H groups in total. The molecule has 88 valence electrons. The summed E-state index contributed by atoms with van der Waals surface area (Å²) in [5.41, 5.74) is 0.813. The van der Waals surface area contributed by atoms with Crippen LogP contribution >= 0.6 is 0 Å². The molecular weight excluding hydrogens is 214 g/mol. The molecule has 0 spiro atoms. The lowest BCUT2D eigenvalue weighted by atomic mass is 9.95. The Bertz CT molecular complexity index is 433. The first kappa shape index (κ1) is 10.5. The highest BCUT2D eigenvalue weighted by Crippen LogP contribution is 2.24. The van der Waals surface area contributed by atoms with Crippen LogP contribution in [0.4, 0.5) is 0 Å². The lowest BCUT2D eigenvalue weighted by Gasteiger charge is -2.23. The van der Waals surface area contributed by atoms with E-state index in [0.717, 1.165) is 31.6 Å². The van der Waals surface area contributed by atoms with E-state index in [1.54, 1.807) is 6.20 Å². The standard InChI is InChI=1S/C12H15N5/c1-2-6-14-10(3-1)12-15-11(16-17-12)9-4-7-13-8-5-9/h1-3,6,9,11,13H,4-5,7-8H2/t11-/m1/s1. The first-order valence-corrected chi connectivity index (χ1v) is 6.04. The molecule has 3 heterocycles. The molecule has 0 bridgehead atoms. The predicted octanol–water partition coefficient (Wildman–Crippen LogP) is 1.62. The number of hydrogen-bond donors (Lipinski definition) is 1. The van der Waals surface area contributed by atoms with Gasteiger partial charge in [0, 0.05) is 12.1 Å². The van der Waals surface area contributed by atoms with E-state index in [-0.39, 0.29) is 6.17 Å². The van der Waals surface area contributed by atoms with Crippen LogP contribution in [0.3, 0.4) is 0 Å². The third kappa shape index (κ3) is 2.24. The molecule has 0 radical (unpaired) electrons. The summed E-state index contributed by atoms with van der Waals surface area (Å²) in [6.45, 7) is 2.12. The van der Waals surface area contributed by atoms with E-state index in [9.17, 15) is 0 Å². The molecule has 5 nitrogen and oxygen atoms in total. The first-order valence-electron chi connectivity index (χ1n) is 6.04. The van der Waals surface area contributed by atoms with Crippen LogP contribution in [0.5, 0.6) is 0 Å². The minimum Gasteiger partial charge on any atom is -0.317 e. The molecule has 0 amide bonds. The molecule has 2 aliphatic rings. The fourth-order valence-corrected chi connectivity index (χ4v) is 2.25. The van der Waals surface area contributed by atoms with Crippen LogP contribution in [0.1, 0.15) is 18.5 Å². The molecule has 1 aromatic rings. The van der Waals surface area contributed by atoms with Gasteiger partial charge >= 0.3 is 0 Å².